The lowest BCUT2D eigenvalue weighted by atomic mass is 10.0. The van der Waals surface area contributed by atoms with E-state index in [1.54, 1.807) is 29.6 Å². The van der Waals surface area contributed by atoms with E-state index in [-0.39, 0.29) is 18.5 Å². The second-order valence-corrected chi connectivity index (χ2v) is 9.43. The van der Waals surface area contributed by atoms with Gasteiger partial charge in [0.1, 0.15) is 22.8 Å². The average Bonchev–Trinajstić information content (AvgIpc) is 3.65. The Balaban J connectivity index is 1.38. The Hall–Kier alpha value is -4.84. The van der Waals surface area contributed by atoms with Gasteiger partial charge in [0.2, 0.25) is 11.8 Å². The zero-order valence-corrected chi connectivity index (χ0v) is 21.5. The average molecular weight is 547 g/mol. The number of thiazole rings is 1. The Morgan fingerprint density at radius 1 is 0.923 bits per heavy atom. The molecule has 0 bridgehead atoms. The Bertz CT molecular complexity index is 1410. The van der Waals surface area contributed by atoms with E-state index in [0.717, 1.165) is 11.1 Å². The van der Waals surface area contributed by atoms with Crippen LogP contribution in [0, 0.1) is 0 Å². The fourth-order valence-corrected chi connectivity index (χ4v) is 4.54. The van der Waals surface area contributed by atoms with E-state index in [0.29, 0.717) is 10.7 Å². The van der Waals surface area contributed by atoms with E-state index in [9.17, 15) is 24.3 Å². The van der Waals surface area contributed by atoms with Gasteiger partial charge in [0.05, 0.1) is 12.9 Å². The maximum absolute atomic E-state index is 13.1. The van der Waals surface area contributed by atoms with Crippen LogP contribution in [0.2, 0.25) is 0 Å². The molecular weight excluding hydrogens is 520 g/mol. The number of benzene rings is 2. The number of hydrogen-bond acceptors (Lipinski definition) is 7. The number of H-pyrrole nitrogens is 1. The third kappa shape index (κ3) is 7.82. The van der Waals surface area contributed by atoms with Crippen LogP contribution in [0.1, 0.15) is 21.7 Å². The van der Waals surface area contributed by atoms with E-state index in [1.807, 2.05) is 36.4 Å². The summed E-state index contributed by atoms with van der Waals surface area (Å²) >= 11 is 1.31. The number of nitrogens with zero attached hydrogens (tertiary/aromatic N) is 2. The maximum Gasteiger partial charge on any atom is 0.326 e. The third-order valence-electron chi connectivity index (χ3n) is 5.69. The van der Waals surface area contributed by atoms with Crippen LogP contribution in [0.3, 0.4) is 0 Å². The summed E-state index contributed by atoms with van der Waals surface area (Å²) in [4.78, 5) is 61.2. The van der Waals surface area contributed by atoms with E-state index in [2.05, 4.69) is 30.9 Å². The highest BCUT2D eigenvalue weighted by Gasteiger charge is 2.27. The molecule has 0 aliphatic carbocycles. The summed E-state index contributed by atoms with van der Waals surface area (Å²) in [7, 11) is 0. The van der Waals surface area contributed by atoms with Crippen molar-refractivity contribution in [1.29, 1.82) is 0 Å². The highest BCUT2D eigenvalue weighted by atomic mass is 32.1. The van der Waals surface area contributed by atoms with Gasteiger partial charge < -0.3 is 26.0 Å². The van der Waals surface area contributed by atoms with Crippen LogP contribution in [-0.4, -0.2) is 62.4 Å². The van der Waals surface area contributed by atoms with E-state index < -0.39 is 42.3 Å². The summed E-state index contributed by atoms with van der Waals surface area (Å²) < 4.78 is 0. The summed E-state index contributed by atoms with van der Waals surface area (Å²) in [5, 5.41) is 19.5. The molecule has 0 aliphatic heterocycles. The number of rotatable bonds is 12. The number of carboxylic acids is 1. The normalized spacial score (nSPS) is 12.2. The molecule has 4 rings (SSSR count). The number of aliphatic carboxylic acids is 1. The first-order valence-electron chi connectivity index (χ1n) is 12.0. The molecule has 0 aliphatic rings. The Morgan fingerprint density at radius 3 is 2.31 bits per heavy atom. The van der Waals surface area contributed by atoms with Crippen molar-refractivity contribution in [2.75, 3.05) is 6.54 Å². The molecule has 200 valence electrons. The molecule has 12 heteroatoms. The summed E-state index contributed by atoms with van der Waals surface area (Å²) in [6, 6.07) is 16.1. The van der Waals surface area contributed by atoms with Gasteiger partial charge in [0.15, 0.2) is 0 Å². The first kappa shape index (κ1) is 27.2. The number of carbonyl (C=O) groups excluding carboxylic acids is 3. The second-order valence-electron chi connectivity index (χ2n) is 8.58. The molecule has 0 saturated heterocycles. The molecule has 5 N–H and O–H groups in total. The molecule has 0 spiro atoms. The fourth-order valence-electron chi connectivity index (χ4n) is 3.74. The van der Waals surface area contributed by atoms with Crippen molar-refractivity contribution >= 4 is 35.0 Å². The lowest BCUT2D eigenvalue weighted by Crippen LogP contribution is -2.54. The standard InChI is InChI=1S/C27H26N6O5S/c34-23(14-29-24(35)22-15-39-26(33-22)18-9-5-2-6-10-18)31-20(11-17-7-3-1-4-8-17)25(36)32-21(27(37)38)12-19-13-28-16-30-19/h1-10,13,15-16,20-21H,11-12,14H2,(H,28,30)(H,29,35)(H,31,34)(H,32,36)(H,37,38)/t20-,21-/m0/s1. The maximum atomic E-state index is 13.1. The Labute approximate surface area is 227 Å². The van der Waals surface area contributed by atoms with Crippen LogP contribution in [0.25, 0.3) is 10.6 Å². The van der Waals surface area contributed by atoms with Gasteiger partial charge >= 0.3 is 5.97 Å². The smallest absolute Gasteiger partial charge is 0.326 e. The lowest BCUT2D eigenvalue weighted by molar-refractivity contribution is -0.142. The van der Waals surface area contributed by atoms with Crippen LogP contribution in [0.5, 0.6) is 0 Å². The minimum atomic E-state index is -1.24. The zero-order valence-electron chi connectivity index (χ0n) is 20.7. The van der Waals surface area contributed by atoms with Crippen molar-refractivity contribution < 1.29 is 24.3 Å². The van der Waals surface area contributed by atoms with Crippen molar-refractivity contribution in [3.8, 4) is 10.6 Å². The van der Waals surface area contributed by atoms with Gasteiger partial charge in [-0.25, -0.2) is 14.8 Å². The van der Waals surface area contributed by atoms with Gasteiger partial charge in [0, 0.05) is 35.7 Å². The van der Waals surface area contributed by atoms with Gasteiger partial charge in [-0.2, -0.15) is 0 Å². The van der Waals surface area contributed by atoms with Crippen molar-refractivity contribution in [1.82, 2.24) is 30.9 Å². The predicted octanol–water partition coefficient (Wildman–Crippen LogP) is 1.80. The number of carboxylic acid groups (broad SMARTS) is 1. The molecule has 2 heterocycles. The number of hydrogen-bond donors (Lipinski definition) is 5. The van der Waals surface area contributed by atoms with Gasteiger partial charge in [-0.1, -0.05) is 60.7 Å². The molecule has 2 aromatic carbocycles. The second kappa shape index (κ2) is 13.1. The highest BCUT2D eigenvalue weighted by molar-refractivity contribution is 7.13. The number of aromatic amines is 1. The lowest BCUT2D eigenvalue weighted by Gasteiger charge is -2.21. The molecule has 39 heavy (non-hydrogen) atoms. The summed E-state index contributed by atoms with van der Waals surface area (Å²) in [5.41, 5.74) is 2.35. The minimum Gasteiger partial charge on any atom is -0.480 e. The molecule has 3 amide bonds. The van der Waals surface area contributed by atoms with E-state index in [1.165, 1.54) is 23.9 Å². The molecule has 0 fully saturated rings. The molecule has 0 unspecified atom stereocenters. The molecular formula is C27H26N6O5S. The first-order valence-corrected chi connectivity index (χ1v) is 12.9. The largest absolute Gasteiger partial charge is 0.480 e. The molecule has 0 radical (unpaired) electrons. The van der Waals surface area contributed by atoms with Gasteiger partial charge in [-0.05, 0) is 5.56 Å². The molecule has 0 saturated carbocycles. The SMILES string of the molecule is O=C(CNC(=O)c1csc(-c2ccccc2)n1)N[C@@H](Cc1ccccc1)C(=O)N[C@@H](Cc1cnc[nH]1)C(=O)O. The third-order valence-corrected chi connectivity index (χ3v) is 6.59. The van der Waals surface area contributed by atoms with E-state index in [4.69, 9.17) is 0 Å². The van der Waals surface area contributed by atoms with Gasteiger partial charge in [0.25, 0.3) is 5.91 Å². The number of imidazole rings is 1. The van der Waals surface area contributed by atoms with Crippen LogP contribution in [-0.2, 0) is 27.2 Å². The van der Waals surface area contributed by atoms with Crippen LogP contribution >= 0.6 is 11.3 Å². The van der Waals surface area contributed by atoms with Crippen LogP contribution in [0.15, 0.2) is 78.6 Å². The molecule has 2 aromatic heterocycles. The van der Waals surface area contributed by atoms with Crippen molar-refractivity contribution in [3.05, 3.63) is 95.5 Å². The van der Waals surface area contributed by atoms with Crippen molar-refractivity contribution in [2.24, 2.45) is 0 Å². The summed E-state index contributed by atoms with van der Waals surface area (Å²) in [6.45, 7) is -0.397. The minimum absolute atomic E-state index is 0.0122. The quantitative estimate of drug-likeness (QED) is 0.181. The van der Waals surface area contributed by atoms with Crippen LogP contribution < -0.4 is 16.0 Å². The topological polar surface area (TPSA) is 166 Å². The Kier molecular flexibility index (Phi) is 9.14. The van der Waals surface area contributed by atoms with E-state index >= 15 is 0 Å². The number of carbonyl (C=O) groups is 4. The fraction of sp³-hybridized carbons (Fsp3) is 0.185. The van der Waals surface area contributed by atoms with Crippen LogP contribution in [0.4, 0.5) is 0 Å². The molecule has 2 atom stereocenters. The van der Waals surface area contributed by atoms with Gasteiger partial charge in [-0.15, -0.1) is 11.3 Å². The number of aromatic nitrogens is 3. The Morgan fingerprint density at radius 2 is 1.64 bits per heavy atom. The first-order chi connectivity index (χ1) is 18.9. The van der Waals surface area contributed by atoms with Gasteiger partial charge in [-0.3, -0.25) is 14.4 Å². The number of amides is 3. The number of nitrogens with one attached hydrogen (secondary N) is 4. The summed E-state index contributed by atoms with van der Waals surface area (Å²) in [5.74, 6) is -3.04. The predicted molar refractivity (Wildman–Crippen MR) is 144 cm³/mol. The summed E-state index contributed by atoms with van der Waals surface area (Å²) in [6.07, 6.45) is 2.99. The highest BCUT2D eigenvalue weighted by Crippen LogP contribution is 2.23. The van der Waals surface area contributed by atoms with Crippen molar-refractivity contribution in [2.45, 2.75) is 24.9 Å². The zero-order chi connectivity index (χ0) is 27.6. The molecule has 4 aromatic rings. The van der Waals surface area contributed by atoms with Crippen molar-refractivity contribution in [3.63, 3.8) is 0 Å². The monoisotopic (exact) mass is 546 g/mol. The molecule has 11 nitrogen and oxygen atoms in total.